The van der Waals surface area contributed by atoms with Crippen LogP contribution < -0.4 is 5.30 Å². The molecule has 0 bridgehead atoms. The zero-order valence-electron chi connectivity index (χ0n) is 4.70. The Labute approximate surface area is 66.4 Å². The van der Waals surface area contributed by atoms with E-state index in [1.54, 1.807) is 15.3 Å². The van der Waals surface area contributed by atoms with Gasteiger partial charge in [-0.25, -0.2) is 0 Å². The molecule has 0 fully saturated rings. The molecule has 1 aromatic rings. The molecule has 0 aliphatic carbocycles. The quantitative estimate of drug-likeness (QED) is 0.537. The first-order chi connectivity index (χ1) is 4.22. The molecule has 0 heterocycles. The van der Waals surface area contributed by atoms with Crippen LogP contribution in [-0.2, 0) is 0 Å². The van der Waals surface area contributed by atoms with Gasteiger partial charge in [-0.3, -0.25) is 0 Å². The molecule has 9 heavy (non-hydrogen) atoms. The fraction of sp³-hybridized carbons (Fsp3) is 0. The predicted octanol–water partition coefficient (Wildman–Crippen LogP) is 2.23. The van der Waals surface area contributed by atoms with Crippen molar-refractivity contribution in [2.75, 3.05) is 0 Å². The average Bonchev–Trinajstić information content (AvgIpc) is 1.83. The average molecular weight is 180 g/mol. The normalized spacial score (nSPS) is 10.0. The second-order valence-electron chi connectivity index (χ2n) is 1.71. The summed E-state index contributed by atoms with van der Waals surface area (Å²) in [6.07, 6.45) is 0. The van der Waals surface area contributed by atoms with Gasteiger partial charge in [-0.15, -0.1) is 0 Å². The van der Waals surface area contributed by atoms with Gasteiger partial charge in [0.15, 0.2) is 0 Å². The summed E-state index contributed by atoms with van der Waals surface area (Å²) < 4.78 is 0. The SMILES string of the molecule is [PH3+]c1cccc(Cl)c1Cl. The summed E-state index contributed by atoms with van der Waals surface area (Å²) in [6.45, 7) is 0. The zero-order chi connectivity index (χ0) is 6.85. The number of benzene rings is 1. The van der Waals surface area contributed by atoms with Crippen molar-refractivity contribution in [2.45, 2.75) is 0 Å². The third-order valence-corrected chi connectivity index (χ3v) is 2.70. The van der Waals surface area contributed by atoms with E-state index in [-0.39, 0.29) is 0 Å². The van der Waals surface area contributed by atoms with Gasteiger partial charge in [-0.05, 0) is 12.1 Å². The molecule has 1 rings (SSSR count). The van der Waals surface area contributed by atoms with Crippen molar-refractivity contribution in [3.63, 3.8) is 0 Å². The van der Waals surface area contributed by atoms with Gasteiger partial charge in [0.25, 0.3) is 0 Å². The van der Waals surface area contributed by atoms with E-state index in [1.165, 1.54) is 0 Å². The number of halogens is 2. The largest absolute Gasteiger partial charge is 0.106 e. The summed E-state index contributed by atoms with van der Waals surface area (Å²) in [5.41, 5.74) is 0. The van der Waals surface area contributed by atoms with Crippen molar-refractivity contribution in [2.24, 2.45) is 0 Å². The van der Waals surface area contributed by atoms with E-state index < -0.39 is 0 Å². The third-order valence-electron chi connectivity index (χ3n) is 1.03. The summed E-state index contributed by atoms with van der Waals surface area (Å²) in [4.78, 5) is 0. The lowest BCUT2D eigenvalue weighted by Gasteiger charge is -1.92. The van der Waals surface area contributed by atoms with Crippen molar-refractivity contribution in [1.82, 2.24) is 0 Å². The molecule has 3 heteroatoms. The van der Waals surface area contributed by atoms with Gasteiger partial charge in [0, 0.05) is 9.24 Å². The minimum absolute atomic E-state index is 0.629. The van der Waals surface area contributed by atoms with Crippen LogP contribution in [0.5, 0.6) is 0 Å². The van der Waals surface area contributed by atoms with Crippen LogP contribution >= 0.6 is 32.4 Å². The van der Waals surface area contributed by atoms with Gasteiger partial charge in [0.05, 0.1) is 5.02 Å². The van der Waals surface area contributed by atoms with Crippen LogP contribution in [0.4, 0.5) is 0 Å². The van der Waals surface area contributed by atoms with Crippen molar-refractivity contribution in [3.05, 3.63) is 28.2 Å². The zero-order valence-corrected chi connectivity index (χ0v) is 7.62. The van der Waals surface area contributed by atoms with Gasteiger partial charge >= 0.3 is 0 Å². The van der Waals surface area contributed by atoms with E-state index in [2.05, 4.69) is 0 Å². The lowest BCUT2D eigenvalue weighted by atomic mass is 10.4. The van der Waals surface area contributed by atoms with E-state index in [0.29, 0.717) is 10.0 Å². The summed E-state index contributed by atoms with van der Waals surface area (Å²) in [6, 6.07) is 5.60. The van der Waals surface area contributed by atoms with E-state index >= 15 is 0 Å². The van der Waals surface area contributed by atoms with Crippen LogP contribution in [0.15, 0.2) is 18.2 Å². The van der Waals surface area contributed by atoms with Crippen molar-refractivity contribution in [3.8, 4) is 0 Å². The van der Waals surface area contributed by atoms with Crippen LogP contribution in [0, 0.1) is 0 Å². The Hall–Kier alpha value is 0.230. The molecule has 1 atom stereocenters. The summed E-state index contributed by atoms with van der Waals surface area (Å²) in [5.74, 6) is 0. The molecule has 0 N–H and O–H groups in total. The molecule has 0 saturated heterocycles. The molecule has 0 aliphatic rings. The Morgan fingerprint density at radius 2 is 1.89 bits per heavy atom. The molecule has 0 aliphatic heterocycles. The Bertz CT molecular complexity index is 202. The predicted molar refractivity (Wildman–Crippen MR) is 47.2 cm³/mol. The molecule has 0 nitrogen and oxygen atoms in total. The molecule has 0 amide bonds. The Balaban J connectivity index is 3.25. The van der Waals surface area contributed by atoms with E-state index in [1.807, 2.05) is 12.1 Å². The highest BCUT2D eigenvalue weighted by Gasteiger charge is 2.00. The standard InChI is InChI=1S/C6H5Cl2P/c7-4-2-1-3-5(9)6(4)8/h1-3H,9H2/p+1. The minimum Gasteiger partial charge on any atom is -0.0826 e. The molecule has 0 spiro atoms. The number of hydrogen-bond donors (Lipinski definition) is 0. The Morgan fingerprint density at radius 3 is 2.33 bits per heavy atom. The van der Waals surface area contributed by atoms with E-state index in [0.717, 1.165) is 5.30 Å². The molecule has 0 saturated carbocycles. The maximum Gasteiger partial charge on any atom is 0.106 e. The monoisotopic (exact) mass is 179 g/mol. The lowest BCUT2D eigenvalue weighted by Crippen LogP contribution is -1.90. The van der Waals surface area contributed by atoms with Crippen molar-refractivity contribution < 1.29 is 0 Å². The molecule has 0 aromatic heterocycles. The highest BCUT2D eigenvalue weighted by molar-refractivity contribution is 7.28. The Morgan fingerprint density at radius 1 is 1.22 bits per heavy atom. The highest BCUT2D eigenvalue weighted by atomic mass is 35.5. The number of hydrogen-bond acceptors (Lipinski definition) is 0. The van der Waals surface area contributed by atoms with Crippen LogP contribution in [-0.4, -0.2) is 0 Å². The summed E-state index contributed by atoms with van der Waals surface area (Å²) in [7, 11) is 1.73. The maximum absolute atomic E-state index is 5.75. The first-order valence-corrected chi connectivity index (χ1v) is 3.94. The first kappa shape index (κ1) is 7.34. The summed E-state index contributed by atoms with van der Waals surface area (Å²) in [5, 5.41) is 2.34. The molecular formula is C6H6Cl2P+. The van der Waals surface area contributed by atoms with Crippen LogP contribution in [0.2, 0.25) is 10.0 Å². The van der Waals surface area contributed by atoms with Crippen LogP contribution in [0.3, 0.4) is 0 Å². The highest BCUT2D eigenvalue weighted by Crippen LogP contribution is 2.19. The fourth-order valence-electron chi connectivity index (χ4n) is 0.548. The first-order valence-electron chi connectivity index (χ1n) is 2.48. The molecular weight excluding hydrogens is 174 g/mol. The number of rotatable bonds is 0. The van der Waals surface area contributed by atoms with Crippen molar-refractivity contribution in [1.29, 1.82) is 0 Å². The molecule has 1 unspecified atom stereocenters. The van der Waals surface area contributed by atoms with Crippen LogP contribution in [0.1, 0.15) is 0 Å². The Kier molecular flexibility index (Phi) is 2.35. The summed E-state index contributed by atoms with van der Waals surface area (Å²) >= 11 is 11.4. The van der Waals surface area contributed by atoms with E-state index in [9.17, 15) is 0 Å². The lowest BCUT2D eigenvalue weighted by molar-refractivity contribution is 1.77. The second kappa shape index (κ2) is 2.88. The van der Waals surface area contributed by atoms with Crippen LogP contribution in [0.25, 0.3) is 0 Å². The van der Waals surface area contributed by atoms with E-state index in [4.69, 9.17) is 23.2 Å². The van der Waals surface area contributed by atoms with Gasteiger partial charge in [-0.1, -0.05) is 29.3 Å². The van der Waals surface area contributed by atoms with Gasteiger partial charge in [-0.2, -0.15) is 0 Å². The minimum atomic E-state index is 0.629. The van der Waals surface area contributed by atoms with Gasteiger partial charge in [0.2, 0.25) is 0 Å². The molecule has 48 valence electrons. The third kappa shape index (κ3) is 1.58. The second-order valence-corrected chi connectivity index (χ2v) is 3.26. The fourth-order valence-corrected chi connectivity index (χ4v) is 1.31. The topological polar surface area (TPSA) is 0 Å². The van der Waals surface area contributed by atoms with Gasteiger partial charge in [0.1, 0.15) is 10.3 Å². The maximum atomic E-state index is 5.75. The van der Waals surface area contributed by atoms with Gasteiger partial charge < -0.3 is 0 Å². The molecule has 1 aromatic carbocycles. The smallest absolute Gasteiger partial charge is 0.0826 e. The van der Waals surface area contributed by atoms with Crippen molar-refractivity contribution >= 4 is 37.7 Å². The molecule has 0 radical (unpaired) electrons.